The smallest absolute Gasteiger partial charge is 0.270 e. The first-order chi connectivity index (χ1) is 16.8. The van der Waals surface area contributed by atoms with Crippen LogP contribution in [0.1, 0.15) is 48.3 Å². The van der Waals surface area contributed by atoms with Crippen LogP contribution < -0.4 is 15.4 Å². The summed E-state index contributed by atoms with van der Waals surface area (Å²) in [6.45, 7) is 1.60. The number of benzene rings is 1. The van der Waals surface area contributed by atoms with E-state index in [1.807, 2.05) is 0 Å². The van der Waals surface area contributed by atoms with E-state index in [4.69, 9.17) is 11.6 Å². The van der Waals surface area contributed by atoms with Gasteiger partial charge in [0.15, 0.2) is 11.9 Å². The van der Waals surface area contributed by atoms with E-state index >= 15 is 4.39 Å². The zero-order valence-electron chi connectivity index (χ0n) is 19.6. The number of nitrogens with one attached hydrogen (secondary N) is 2. The van der Waals surface area contributed by atoms with E-state index in [-0.39, 0.29) is 11.6 Å². The number of aryl methyl sites for hydroxylation is 1. The SMILES string of the molecule is Cc1c(-c2ccc(NC(=O)C(NC(=O)c3ccnn3C)C3CCCCC3)c(F)c2)c(Cl)cc[n+]1[O-]. The summed E-state index contributed by atoms with van der Waals surface area (Å²) in [4.78, 5) is 26.1. The Kier molecular flexibility index (Phi) is 7.35. The third-order valence-corrected chi connectivity index (χ3v) is 6.86. The molecule has 0 bridgehead atoms. The second-order valence-corrected chi connectivity index (χ2v) is 9.23. The normalized spacial score (nSPS) is 15.0. The molecule has 2 N–H and O–H groups in total. The molecule has 1 fully saturated rings. The van der Waals surface area contributed by atoms with Gasteiger partial charge < -0.3 is 15.8 Å². The van der Waals surface area contributed by atoms with Crippen LogP contribution in [-0.2, 0) is 11.8 Å². The summed E-state index contributed by atoms with van der Waals surface area (Å²) < 4.78 is 17.2. The first-order valence-electron chi connectivity index (χ1n) is 11.5. The Hall–Kier alpha value is -3.46. The lowest BCUT2D eigenvalue weighted by molar-refractivity contribution is -0.611. The molecule has 3 aromatic rings. The average molecular weight is 500 g/mol. The summed E-state index contributed by atoms with van der Waals surface area (Å²) >= 11 is 6.25. The lowest BCUT2D eigenvalue weighted by Crippen LogP contribution is -2.49. The van der Waals surface area contributed by atoms with E-state index < -0.39 is 23.7 Å². The third-order valence-electron chi connectivity index (χ3n) is 6.55. The van der Waals surface area contributed by atoms with Crippen LogP contribution in [0.3, 0.4) is 0 Å². The van der Waals surface area contributed by atoms with E-state index in [1.165, 1.54) is 35.3 Å². The molecule has 1 unspecified atom stereocenters. The first kappa shape index (κ1) is 24.7. The Morgan fingerprint density at radius 2 is 1.97 bits per heavy atom. The van der Waals surface area contributed by atoms with Gasteiger partial charge in [-0.2, -0.15) is 9.83 Å². The Morgan fingerprint density at radius 3 is 2.63 bits per heavy atom. The van der Waals surface area contributed by atoms with Gasteiger partial charge in [0.05, 0.1) is 16.3 Å². The van der Waals surface area contributed by atoms with Crippen LogP contribution in [0.5, 0.6) is 0 Å². The van der Waals surface area contributed by atoms with Gasteiger partial charge in [-0.3, -0.25) is 14.3 Å². The van der Waals surface area contributed by atoms with Crippen molar-refractivity contribution in [1.29, 1.82) is 0 Å². The van der Waals surface area contributed by atoms with Crippen molar-refractivity contribution in [2.24, 2.45) is 13.0 Å². The van der Waals surface area contributed by atoms with Gasteiger partial charge >= 0.3 is 0 Å². The lowest BCUT2D eigenvalue weighted by atomic mass is 9.83. The van der Waals surface area contributed by atoms with Crippen molar-refractivity contribution in [3.8, 4) is 11.1 Å². The highest BCUT2D eigenvalue weighted by molar-refractivity contribution is 6.33. The summed E-state index contributed by atoms with van der Waals surface area (Å²) in [6.07, 6.45) is 7.42. The Balaban J connectivity index is 1.57. The molecule has 1 aliphatic rings. The van der Waals surface area contributed by atoms with E-state index in [9.17, 15) is 14.8 Å². The van der Waals surface area contributed by atoms with Crippen LogP contribution in [0.15, 0.2) is 42.7 Å². The van der Waals surface area contributed by atoms with Gasteiger partial charge in [-0.15, -0.1) is 0 Å². The fourth-order valence-corrected chi connectivity index (χ4v) is 4.92. The van der Waals surface area contributed by atoms with Crippen molar-refractivity contribution >= 4 is 29.1 Å². The highest BCUT2D eigenvalue weighted by atomic mass is 35.5. The van der Waals surface area contributed by atoms with Crippen LogP contribution >= 0.6 is 11.6 Å². The number of anilines is 1. The summed E-state index contributed by atoms with van der Waals surface area (Å²) in [5.74, 6) is -1.62. The number of pyridine rings is 1. The van der Waals surface area contributed by atoms with Gasteiger partial charge in [0.1, 0.15) is 17.6 Å². The maximum atomic E-state index is 15.1. The van der Waals surface area contributed by atoms with Crippen molar-refractivity contribution in [3.63, 3.8) is 0 Å². The molecule has 1 aliphatic carbocycles. The Labute approximate surface area is 207 Å². The minimum Gasteiger partial charge on any atom is -0.618 e. The van der Waals surface area contributed by atoms with Crippen LogP contribution in [0.4, 0.5) is 10.1 Å². The van der Waals surface area contributed by atoms with Crippen molar-refractivity contribution in [3.05, 3.63) is 70.2 Å². The number of nitrogens with zero attached hydrogens (tertiary/aromatic N) is 3. The zero-order chi connectivity index (χ0) is 25.1. The number of halogens is 2. The molecule has 1 aromatic carbocycles. The first-order valence-corrected chi connectivity index (χ1v) is 11.9. The van der Waals surface area contributed by atoms with Crippen LogP contribution in [0.2, 0.25) is 5.02 Å². The fourth-order valence-electron chi connectivity index (χ4n) is 4.62. The monoisotopic (exact) mass is 499 g/mol. The predicted octanol–water partition coefficient (Wildman–Crippen LogP) is 4.14. The predicted molar refractivity (Wildman–Crippen MR) is 130 cm³/mol. The number of rotatable bonds is 6. The van der Waals surface area contributed by atoms with Crippen LogP contribution in [-0.4, -0.2) is 27.6 Å². The maximum absolute atomic E-state index is 15.1. The minimum absolute atomic E-state index is 0.0194. The second-order valence-electron chi connectivity index (χ2n) is 8.82. The van der Waals surface area contributed by atoms with Gasteiger partial charge in [-0.1, -0.05) is 36.9 Å². The topological polar surface area (TPSA) is 103 Å². The van der Waals surface area contributed by atoms with Crippen molar-refractivity contribution in [1.82, 2.24) is 15.1 Å². The number of carbonyl (C=O) groups excluding carboxylic acids is 2. The van der Waals surface area contributed by atoms with E-state index in [2.05, 4.69) is 15.7 Å². The molecule has 2 amide bonds. The third kappa shape index (κ3) is 5.30. The lowest BCUT2D eigenvalue weighted by Gasteiger charge is -2.30. The van der Waals surface area contributed by atoms with Gasteiger partial charge in [0.2, 0.25) is 5.91 Å². The van der Waals surface area contributed by atoms with Gasteiger partial charge in [0, 0.05) is 26.2 Å². The standard InChI is InChI=1S/C25H27ClFN5O3/c1-15-22(18(26)11-13-32(15)35)17-8-9-20(19(27)14-17)29-25(34)23(16-6-4-3-5-7-16)30-24(33)21-10-12-28-31(21)2/h8-14,16,23H,3-7H2,1-2H3,(H,29,34)(H,30,33). The summed E-state index contributed by atoms with van der Waals surface area (Å²) in [7, 11) is 1.65. The number of hydrogen-bond donors (Lipinski definition) is 2. The molecular weight excluding hydrogens is 473 g/mol. The molecule has 1 saturated carbocycles. The molecule has 10 heteroatoms. The molecule has 1 atom stereocenters. The molecule has 184 valence electrons. The van der Waals surface area contributed by atoms with Gasteiger partial charge in [0.25, 0.3) is 5.91 Å². The molecular formula is C25H27ClFN5O3. The van der Waals surface area contributed by atoms with Gasteiger partial charge in [-0.25, -0.2) is 4.39 Å². The largest absolute Gasteiger partial charge is 0.618 e. The minimum atomic E-state index is -0.818. The zero-order valence-corrected chi connectivity index (χ0v) is 20.3. The van der Waals surface area contributed by atoms with E-state index in [0.717, 1.165) is 32.1 Å². The quantitative estimate of drug-likeness (QED) is 0.393. The molecule has 0 radical (unpaired) electrons. The van der Waals surface area contributed by atoms with Crippen molar-refractivity contribution in [2.45, 2.75) is 45.1 Å². The number of carbonyl (C=O) groups is 2. The Morgan fingerprint density at radius 1 is 1.23 bits per heavy atom. The molecule has 4 rings (SSSR count). The van der Waals surface area contributed by atoms with Crippen LogP contribution in [0.25, 0.3) is 11.1 Å². The molecule has 2 aromatic heterocycles. The second kappa shape index (κ2) is 10.4. The van der Waals surface area contributed by atoms with Gasteiger partial charge in [-0.05, 0) is 42.5 Å². The summed E-state index contributed by atoms with van der Waals surface area (Å²) in [5, 5.41) is 21.8. The molecule has 35 heavy (non-hydrogen) atoms. The maximum Gasteiger partial charge on any atom is 0.270 e. The molecule has 0 spiro atoms. The average Bonchev–Trinajstić information content (AvgIpc) is 3.28. The number of amides is 2. The summed E-state index contributed by atoms with van der Waals surface area (Å²) in [6, 6.07) is 6.46. The molecule has 0 aliphatic heterocycles. The highest BCUT2D eigenvalue weighted by Crippen LogP contribution is 2.32. The molecule has 8 nitrogen and oxygen atoms in total. The van der Waals surface area contributed by atoms with E-state index in [0.29, 0.717) is 32.3 Å². The van der Waals surface area contributed by atoms with Crippen LogP contribution in [0, 0.1) is 23.9 Å². The number of aromatic nitrogens is 3. The summed E-state index contributed by atoms with van der Waals surface area (Å²) in [5.41, 5.74) is 1.49. The Bertz CT molecular complexity index is 1260. The highest BCUT2D eigenvalue weighted by Gasteiger charge is 2.32. The fraction of sp³-hybridized carbons (Fsp3) is 0.360. The van der Waals surface area contributed by atoms with Crippen molar-refractivity contribution in [2.75, 3.05) is 5.32 Å². The molecule has 0 saturated heterocycles. The van der Waals surface area contributed by atoms with Crippen molar-refractivity contribution < 1.29 is 18.7 Å². The molecule has 2 heterocycles. The van der Waals surface area contributed by atoms with E-state index in [1.54, 1.807) is 26.1 Å². The number of hydrogen-bond acceptors (Lipinski definition) is 4.